The summed E-state index contributed by atoms with van der Waals surface area (Å²) in [4.78, 5) is 0. The van der Waals surface area contributed by atoms with Crippen LogP contribution in [0.2, 0.25) is 5.02 Å². The van der Waals surface area contributed by atoms with Gasteiger partial charge < -0.3 is 4.74 Å². The van der Waals surface area contributed by atoms with Crippen LogP contribution in [0.15, 0.2) is 91.0 Å². The highest BCUT2D eigenvalue weighted by atomic mass is 35.5. The van der Waals surface area contributed by atoms with E-state index in [2.05, 4.69) is 72.8 Å². The van der Waals surface area contributed by atoms with Crippen molar-refractivity contribution in [1.82, 2.24) is 0 Å². The Morgan fingerprint density at radius 3 is 1.81 bits per heavy atom. The molecule has 4 aromatic rings. The van der Waals surface area contributed by atoms with E-state index in [4.69, 9.17) is 16.3 Å². The van der Waals surface area contributed by atoms with E-state index in [0.29, 0.717) is 0 Å². The van der Waals surface area contributed by atoms with Gasteiger partial charge in [0.15, 0.2) is 0 Å². The molecule has 1 aliphatic heterocycles. The first-order chi connectivity index (χ1) is 13.3. The predicted molar refractivity (Wildman–Crippen MR) is 109 cm³/mol. The summed E-state index contributed by atoms with van der Waals surface area (Å²) in [5.41, 5.74) is 6.97. The van der Waals surface area contributed by atoms with E-state index >= 15 is 0 Å². The molecule has 0 saturated carbocycles. The first-order valence-corrected chi connectivity index (χ1v) is 9.45. The minimum Gasteiger partial charge on any atom is -0.457 e. The van der Waals surface area contributed by atoms with E-state index in [1.54, 1.807) is 0 Å². The van der Waals surface area contributed by atoms with Gasteiger partial charge >= 0.3 is 0 Å². The van der Waals surface area contributed by atoms with Crippen molar-refractivity contribution < 1.29 is 4.74 Å². The zero-order chi connectivity index (χ0) is 18.0. The fraction of sp³-hybridized carbons (Fsp3) is 0.0400. The number of benzene rings is 4. The second kappa shape index (κ2) is 5.25. The van der Waals surface area contributed by atoms with Crippen LogP contribution in [0.4, 0.5) is 0 Å². The maximum Gasteiger partial charge on any atom is 0.132 e. The Kier molecular flexibility index (Phi) is 2.93. The number of halogens is 1. The molecule has 2 heteroatoms. The largest absolute Gasteiger partial charge is 0.457 e. The molecule has 0 unspecified atom stereocenters. The van der Waals surface area contributed by atoms with Crippen molar-refractivity contribution in [1.29, 1.82) is 0 Å². The highest BCUT2D eigenvalue weighted by Gasteiger charge is 2.50. The second-order valence-corrected chi connectivity index (χ2v) is 7.52. The van der Waals surface area contributed by atoms with E-state index < -0.39 is 5.41 Å². The molecule has 4 aromatic carbocycles. The summed E-state index contributed by atoms with van der Waals surface area (Å²) in [6, 6.07) is 31.7. The molecular weight excluding hydrogens is 352 g/mol. The lowest BCUT2D eigenvalue weighted by molar-refractivity contribution is 0.436. The Bertz CT molecular complexity index is 1180. The molecule has 0 amide bonds. The van der Waals surface area contributed by atoms with E-state index in [9.17, 15) is 0 Å². The second-order valence-electron chi connectivity index (χ2n) is 7.08. The van der Waals surface area contributed by atoms with Gasteiger partial charge in [0.1, 0.15) is 11.5 Å². The Morgan fingerprint density at radius 1 is 0.556 bits per heavy atom. The molecule has 0 N–H and O–H groups in total. The van der Waals surface area contributed by atoms with Crippen LogP contribution >= 0.6 is 11.6 Å². The number of fused-ring (bicyclic) bond motifs is 9. The number of hydrogen-bond acceptors (Lipinski definition) is 1. The van der Waals surface area contributed by atoms with Crippen LogP contribution < -0.4 is 4.74 Å². The van der Waals surface area contributed by atoms with E-state index in [1.165, 1.54) is 22.3 Å². The van der Waals surface area contributed by atoms with Crippen LogP contribution in [-0.4, -0.2) is 0 Å². The zero-order valence-corrected chi connectivity index (χ0v) is 15.2. The Hall–Kier alpha value is -3.03. The van der Waals surface area contributed by atoms with Gasteiger partial charge in [-0.3, -0.25) is 0 Å². The molecule has 1 aliphatic carbocycles. The van der Waals surface area contributed by atoms with E-state index in [1.807, 2.05) is 18.2 Å². The third-order valence-corrected chi connectivity index (χ3v) is 6.04. The minimum atomic E-state index is -0.414. The van der Waals surface area contributed by atoms with E-state index in [0.717, 1.165) is 27.6 Å². The molecule has 1 heterocycles. The Labute approximate surface area is 162 Å². The van der Waals surface area contributed by atoms with Gasteiger partial charge in [0.25, 0.3) is 0 Å². The summed E-state index contributed by atoms with van der Waals surface area (Å²) in [5.74, 6) is 1.77. The molecule has 0 aromatic heterocycles. The first-order valence-electron chi connectivity index (χ1n) is 9.07. The smallest absolute Gasteiger partial charge is 0.132 e. The van der Waals surface area contributed by atoms with Gasteiger partial charge in [-0.1, -0.05) is 78.3 Å². The van der Waals surface area contributed by atoms with Crippen molar-refractivity contribution in [3.63, 3.8) is 0 Å². The van der Waals surface area contributed by atoms with Crippen LogP contribution in [0.25, 0.3) is 11.1 Å². The topological polar surface area (TPSA) is 9.23 Å². The standard InChI is InChI=1S/C25H15ClO/c26-16-13-14-24-22(15-16)25(21-11-5-6-12-23(21)27-24)19-9-3-1-7-17(19)18-8-2-4-10-20(18)25/h1-15H. The van der Waals surface area contributed by atoms with Gasteiger partial charge in [-0.15, -0.1) is 0 Å². The average molecular weight is 367 g/mol. The van der Waals surface area contributed by atoms with Crippen molar-refractivity contribution in [2.75, 3.05) is 0 Å². The van der Waals surface area contributed by atoms with Crippen molar-refractivity contribution in [2.24, 2.45) is 0 Å². The number of hydrogen-bond donors (Lipinski definition) is 0. The fourth-order valence-electron chi connectivity index (χ4n) is 4.83. The highest BCUT2D eigenvalue weighted by molar-refractivity contribution is 6.30. The molecular formula is C25H15ClO. The summed E-state index contributed by atoms with van der Waals surface area (Å²) >= 11 is 6.46. The van der Waals surface area contributed by atoms with Crippen LogP contribution in [0, 0.1) is 0 Å². The lowest BCUT2D eigenvalue weighted by Crippen LogP contribution is -2.32. The lowest BCUT2D eigenvalue weighted by Gasteiger charge is -2.39. The summed E-state index contributed by atoms with van der Waals surface area (Å²) in [6.07, 6.45) is 0. The third kappa shape index (κ3) is 1.80. The van der Waals surface area contributed by atoms with Crippen LogP contribution in [0.1, 0.15) is 22.3 Å². The van der Waals surface area contributed by atoms with Crippen LogP contribution in [-0.2, 0) is 5.41 Å². The van der Waals surface area contributed by atoms with Crippen molar-refractivity contribution >= 4 is 11.6 Å². The summed E-state index contributed by atoms with van der Waals surface area (Å²) in [7, 11) is 0. The summed E-state index contributed by atoms with van der Waals surface area (Å²) in [6.45, 7) is 0. The molecule has 0 radical (unpaired) electrons. The van der Waals surface area contributed by atoms with Gasteiger partial charge in [-0.2, -0.15) is 0 Å². The molecule has 0 bridgehead atoms. The van der Waals surface area contributed by atoms with Crippen LogP contribution in [0.3, 0.4) is 0 Å². The monoisotopic (exact) mass is 366 g/mol. The number of ether oxygens (including phenoxy) is 1. The molecule has 6 rings (SSSR count). The van der Waals surface area contributed by atoms with Gasteiger partial charge in [-0.05, 0) is 46.5 Å². The van der Waals surface area contributed by atoms with Gasteiger partial charge in [0.05, 0.1) is 5.41 Å². The molecule has 0 fully saturated rings. The molecule has 128 valence electrons. The Morgan fingerprint density at radius 2 is 1.11 bits per heavy atom. The Balaban J connectivity index is 1.86. The van der Waals surface area contributed by atoms with Gasteiger partial charge in [-0.25, -0.2) is 0 Å². The van der Waals surface area contributed by atoms with E-state index in [-0.39, 0.29) is 0 Å². The molecule has 27 heavy (non-hydrogen) atoms. The van der Waals surface area contributed by atoms with Crippen molar-refractivity contribution in [3.8, 4) is 22.6 Å². The highest BCUT2D eigenvalue weighted by Crippen LogP contribution is 2.62. The summed E-state index contributed by atoms with van der Waals surface area (Å²) in [5, 5.41) is 0.720. The zero-order valence-electron chi connectivity index (χ0n) is 14.4. The average Bonchev–Trinajstić information content (AvgIpc) is 3.01. The van der Waals surface area contributed by atoms with Gasteiger partial charge in [0.2, 0.25) is 0 Å². The predicted octanol–water partition coefficient (Wildman–Crippen LogP) is 6.81. The molecule has 2 aliphatic rings. The number of rotatable bonds is 0. The normalized spacial score (nSPS) is 14.7. The van der Waals surface area contributed by atoms with Gasteiger partial charge in [0, 0.05) is 16.1 Å². The molecule has 1 nitrogen and oxygen atoms in total. The summed E-state index contributed by atoms with van der Waals surface area (Å²) < 4.78 is 6.29. The SMILES string of the molecule is Clc1ccc2c(c1)C1(c3ccccc3O2)c2ccccc2-c2ccccc21. The van der Waals surface area contributed by atoms with Crippen molar-refractivity contribution in [3.05, 3.63) is 118 Å². The quantitative estimate of drug-likeness (QED) is 0.287. The minimum absolute atomic E-state index is 0.414. The third-order valence-electron chi connectivity index (χ3n) is 5.81. The molecule has 0 saturated heterocycles. The first kappa shape index (κ1) is 15.1. The maximum absolute atomic E-state index is 6.46. The fourth-order valence-corrected chi connectivity index (χ4v) is 5.00. The number of para-hydroxylation sites is 1. The maximum atomic E-state index is 6.46. The van der Waals surface area contributed by atoms with Crippen LogP contribution in [0.5, 0.6) is 11.5 Å². The lowest BCUT2D eigenvalue weighted by atomic mass is 9.66. The van der Waals surface area contributed by atoms with Crippen molar-refractivity contribution in [2.45, 2.75) is 5.41 Å². The molecule has 1 spiro atoms. The molecule has 0 atom stereocenters.